The second-order valence-corrected chi connectivity index (χ2v) is 3.97. The molecule has 0 aromatic carbocycles. The van der Waals surface area contributed by atoms with E-state index in [9.17, 15) is 0 Å². The van der Waals surface area contributed by atoms with Crippen LogP contribution in [-0.4, -0.2) is 26.1 Å². The van der Waals surface area contributed by atoms with Crippen LogP contribution in [0.5, 0.6) is 0 Å². The molecule has 1 N–H and O–H groups in total. The summed E-state index contributed by atoms with van der Waals surface area (Å²) in [6.07, 6.45) is 3.64. The summed E-state index contributed by atoms with van der Waals surface area (Å²) < 4.78 is 1.91. The van der Waals surface area contributed by atoms with Crippen molar-refractivity contribution in [1.82, 2.24) is 24.9 Å². The molecule has 0 fully saturated rings. The highest BCUT2D eigenvalue weighted by atomic mass is 15.3. The second-order valence-electron chi connectivity index (χ2n) is 3.97. The Hall–Kier alpha value is -1.49. The summed E-state index contributed by atoms with van der Waals surface area (Å²) in [4.78, 5) is 4.14. The van der Waals surface area contributed by atoms with E-state index in [-0.39, 0.29) is 5.54 Å². The van der Waals surface area contributed by atoms with Crippen LogP contribution >= 0.6 is 0 Å². The molecule has 0 bridgehead atoms. The largest absolute Gasteiger partial charge is 0.305 e. The predicted molar refractivity (Wildman–Crippen MR) is 57.5 cm³/mol. The molecule has 0 saturated carbocycles. The fraction of sp³-hybridized carbons (Fsp3) is 0.500. The minimum atomic E-state index is -0.197. The zero-order valence-corrected chi connectivity index (χ0v) is 9.23. The molecular weight excluding hydrogens is 190 g/mol. The molecule has 0 aliphatic rings. The standard InChI is InChI=1S/C10H15N5/c1-4-12-10(2,3)8-13-14-9-11-6-5-7-15(8)9/h5-7,12H,4H2,1-3H3. The Morgan fingerprint density at radius 2 is 2.20 bits per heavy atom. The zero-order chi connectivity index (χ0) is 10.9. The van der Waals surface area contributed by atoms with E-state index in [1.807, 2.05) is 16.7 Å². The van der Waals surface area contributed by atoms with Gasteiger partial charge in [-0.05, 0) is 26.5 Å². The van der Waals surface area contributed by atoms with Crippen molar-refractivity contribution < 1.29 is 0 Å². The van der Waals surface area contributed by atoms with Crippen molar-refractivity contribution in [2.75, 3.05) is 6.54 Å². The second kappa shape index (κ2) is 3.58. The van der Waals surface area contributed by atoms with Gasteiger partial charge in [-0.15, -0.1) is 10.2 Å². The number of hydrogen-bond donors (Lipinski definition) is 1. The van der Waals surface area contributed by atoms with E-state index >= 15 is 0 Å². The number of aromatic nitrogens is 4. The van der Waals surface area contributed by atoms with Crippen molar-refractivity contribution in [3.05, 3.63) is 24.3 Å². The SMILES string of the molecule is CCNC(C)(C)c1nnc2ncccn12. The first-order valence-electron chi connectivity index (χ1n) is 5.06. The lowest BCUT2D eigenvalue weighted by Crippen LogP contribution is -2.38. The Morgan fingerprint density at radius 3 is 2.93 bits per heavy atom. The number of fused-ring (bicyclic) bond motifs is 1. The van der Waals surface area contributed by atoms with Gasteiger partial charge in [0.1, 0.15) is 0 Å². The van der Waals surface area contributed by atoms with E-state index in [2.05, 4.69) is 41.3 Å². The van der Waals surface area contributed by atoms with Crippen molar-refractivity contribution in [2.24, 2.45) is 0 Å². The molecule has 0 atom stereocenters. The first-order chi connectivity index (χ1) is 7.15. The van der Waals surface area contributed by atoms with Gasteiger partial charge in [-0.1, -0.05) is 6.92 Å². The third-order valence-corrected chi connectivity index (χ3v) is 2.37. The molecular formula is C10H15N5. The van der Waals surface area contributed by atoms with Crippen LogP contribution in [0.3, 0.4) is 0 Å². The topological polar surface area (TPSA) is 55.1 Å². The van der Waals surface area contributed by atoms with E-state index in [0.29, 0.717) is 5.78 Å². The van der Waals surface area contributed by atoms with Gasteiger partial charge >= 0.3 is 0 Å². The zero-order valence-electron chi connectivity index (χ0n) is 9.23. The third-order valence-electron chi connectivity index (χ3n) is 2.37. The lowest BCUT2D eigenvalue weighted by atomic mass is 10.1. The average molecular weight is 205 g/mol. The summed E-state index contributed by atoms with van der Waals surface area (Å²) in [5.41, 5.74) is -0.197. The number of nitrogens with zero attached hydrogens (tertiary/aromatic N) is 4. The van der Waals surface area contributed by atoms with Gasteiger partial charge in [-0.2, -0.15) is 0 Å². The Morgan fingerprint density at radius 1 is 1.40 bits per heavy atom. The van der Waals surface area contributed by atoms with Gasteiger partial charge in [0, 0.05) is 12.4 Å². The van der Waals surface area contributed by atoms with Crippen molar-refractivity contribution in [1.29, 1.82) is 0 Å². The molecule has 0 unspecified atom stereocenters. The molecule has 80 valence electrons. The van der Waals surface area contributed by atoms with E-state index < -0.39 is 0 Å². The maximum atomic E-state index is 4.17. The van der Waals surface area contributed by atoms with Crippen LogP contribution in [0.4, 0.5) is 0 Å². The molecule has 5 nitrogen and oxygen atoms in total. The summed E-state index contributed by atoms with van der Waals surface area (Å²) in [5.74, 6) is 1.52. The summed E-state index contributed by atoms with van der Waals surface area (Å²) in [5, 5.41) is 11.6. The number of nitrogens with one attached hydrogen (secondary N) is 1. The fourth-order valence-electron chi connectivity index (χ4n) is 1.69. The highest BCUT2D eigenvalue weighted by Gasteiger charge is 2.25. The Balaban J connectivity index is 2.52. The Labute approximate surface area is 88.6 Å². The monoisotopic (exact) mass is 205 g/mol. The Bertz CT molecular complexity index is 460. The van der Waals surface area contributed by atoms with Crippen molar-refractivity contribution in [3.63, 3.8) is 0 Å². The summed E-state index contributed by atoms with van der Waals surface area (Å²) >= 11 is 0. The smallest absolute Gasteiger partial charge is 0.255 e. The van der Waals surface area contributed by atoms with Crippen LogP contribution in [0, 0.1) is 0 Å². The average Bonchev–Trinajstić information content (AvgIpc) is 2.61. The van der Waals surface area contributed by atoms with E-state index in [0.717, 1.165) is 12.4 Å². The quantitative estimate of drug-likeness (QED) is 0.811. The van der Waals surface area contributed by atoms with E-state index in [4.69, 9.17) is 0 Å². The minimum absolute atomic E-state index is 0.197. The molecule has 5 heteroatoms. The highest BCUT2D eigenvalue weighted by molar-refractivity contribution is 5.28. The minimum Gasteiger partial charge on any atom is -0.305 e. The lowest BCUT2D eigenvalue weighted by Gasteiger charge is -2.23. The first-order valence-corrected chi connectivity index (χ1v) is 5.06. The summed E-state index contributed by atoms with van der Waals surface area (Å²) in [6, 6.07) is 1.88. The fourth-order valence-corrected chi connectivity index (χ4v) is 1.69. The highest BCUT2D eigenvalue weighted by Crippen LogP contribution is 2.17. The molecule has 0 saturated heterocycles. The lowest BCUT2D eigenvalue weighted by molar-refractivity contribution is 0.388. The van der Waals surface area contributed by atoms with Gasteiger partial charge < -0.3 is 5.32 Å². The molecule has 2 aromatic heterocycles. The number of hydrogen-bond acceptors (Lipinski definition) is 4. The molecule has 0 amide bonds. The number of rotatable bonds is 3. The van der Waals surface area contributed by atoms with E-state index in [1.165, 1.54) is 0 Å². The summed E-state index contributed by atoms with van der Waals surface area (Å²) in [7, 11) is 0. The van der Waals surface area contributed by atoms with Crippen LogP contribution in [0.15, 0.2) is 18.5 Å². The molecule has 15 heavy (non-hydrogen) atoms. The maximum absolute atomic E-state index is 4.17. The van der Waals surface area contributed by atoms with Crippen LogP contribution in [0.2, 0.25) is 0 Å². The van der Waals surface area contributed by atoms with Gasteiger partial charge in [0.25, 0.3) is 5.78 Å². The predicted octanol–water partition coefficient (Wildman–Crippen LogP) is 0.969. The van der Waals surface area contributed by atoms with Crippen molar-refractivity contribution >= 4 is 5.78 Å². The van der Waals surface area contributed by atoms with Crippen LogP contribution in [0.25, 0.3) is 5.78 Å². The van der Waals surface area contributed by atoms with Crippen molar-refractivity contribution in [3.8, 4) is 0 Å². The molecule has 0 aliphatic heterocycles. The van der Waals surface area contributed by atoms with Gasteiger partial charge in [0.15, 0.2) is 5.82 Å². The molecule has 0 radical (unpaired) electrons. The Kier molecular flexibility index (Phi) is 2.40. The molecule has 0 aliphatic carbocycles. The van der Waals surface area contributed by atoms with E-state index in [1.54, 1.807) is 6.20 Å². The molecule has 2 aromatic rings. The van der Waals surface area contributed by atoms with Crippen LogP contribution in [0.1, 0.15) is 26.6 Å². The van der Waals surface area contributed by atoms with Gasteiger partial charge in [-0.3, -0.25) is 4.40 Å². The van der Waals surface area contributed by atoms with Crippen molar-refractivity contribution in [2.45, 2.75) is 26.3 Å². The molecule has 0 spiro atoms. The van der Waals surface area contributed by atoms with Gasteiger partial charge in [0.05, 0.1) is 5.54 Å². The third kappa shape index (κ3) is 1.70. The van der Waals surface area contributed by atoms with Gasteiger partial charge in [0.2, 0.25) is 0 Å². The maximum Gasteiger partial charge on any atom is 0.255 e. The molecule has 2 heterocycles. The normalized spacial score (nSPS) is 12.2. The van der Waals surface area contributed by atoms with Crippen LogP contribution in [-0.2, 0) is 5.54 Å². The summed E-state index contributed by atoms with van der Waals surface area (Å²) in [6.45, 7) is 7.13. The molecule has 2 rings (SSSR count). The van der Waals surface area contributed by atoms with Gasteiger partial charge in [-0.25, -0.2) is 4.98 Å². The van der Waals surface area contributed by atoms with Crippen LogP contribution < -0.4 is 5.32 Å². The first kappa shape index (κ1) is 10.0.